The van der Waals surface area contributed by atoms with E-state index in [4.69, 9.17) is 4.74 Å². The molecule has 4 aromatic rings. The number of hydrogen-bond donors (Lipinski definition) is 0. The van der Waals surface area contributed by atoms with Crippen LogP contribution in [-0.4, -0.2) is 22.5 Å². The van der Waals surface area contributed by atoms with Crippen molar-refractivity contribution in [2.24, 2.45) is 0 Å². The monoisotopic (exact) mass is 431 g/mol. The first-order valence-electron chi connectivity index (χ1n) is 8.71. The van der Waals surface area contributed by atoms with Crippen molar-refractivity contribution in [1.29, 1.82) is 0 Å². The van der Waals surface area contributed by atoms with Crippen LogP contribution < -0.4 is 9.64 Å². The van der Waals surface area contributed by atoms with Gasteiger partial charge in [-0.2, -0.15) is 0 Å². The fourth-order valence-electron chi connectivity index (χ4n) is 2.69. The first kappa shape index (κ1) is 19.4. The molecule has 0 bridgehead atoms. The Hall–Kier alpha value is -2.91. The van der Waals surface area contributed by atoms with E-state index >= 15 is 0 Å². The Morgan fingerprint density at radius 3 is 2.79 bits per heavy atom. The second-order valence-electron chi connectivity index (χ2n) is 6.11. The fraction of sp³-hybridized carbons (Fsp3) is 0.150. The molecule has 2 aromatic carbocycles. The number of aromatic nitrogens is 2. The summed E-state index contributed by atoms with van der Waals surface area (Å²) in [6, 6.07) is 10.1. The predicted molar refractivity (Wildman–Crippen MR) is 109 cm³/mol. The molecule has 0 fully saturated rings. The van der Waals surface area contributed by atoms with E-state index in [0.717, 1.165) is 9.58 Å². The van der Waals surface area contributed by atoms with E-state index in [0.29, 0.717) is 22.9 Å². The molecule has 0 saturated carbocycles. The smallest absolute Gasteiger partial charge is 0.232 e. The molecule has 4 rings (SSSR count). The van der Waals surface area contributed by atoms with Gasteiger partial charge in [-0.1, -0.05) is 17.4 Å². The maximum atomic E-state index is 13.5. The maximum Gasteiger partial charge on any atom is 0.232 e. The van der Waals surface area contributed by atoms with Crippen molar-refractivity contribution in [3.8, 4) is 5.75 Å². The van der Waals surface area contributed by atoms with Gasteiger partial charge in [-0.25, -0.2) is 13.8 Å². The van der Waals surface area contributed by atoms with E-state index in [-0.39, 0.29) is 24.8 Å². The zero-order valence-corrected chi connectivity index (χ0v) is 16.7. The minimum atomic E-state index is -0.401. The summed E-state index contributed by atoms with van der Waals surface area (Å²) in [6.45, 7) is 0.409. The molecule has 0 aliphatic rings. The quantitative estimate of drug-likeness (QED) is 0.412. The van der Waals surface area contributed by atoms with E-state index in [9.17, 15) is 13.6 Å². The summed E-state index contributed by atoms with van der Waals surface area (Å²) in [4.78, 5) is 23.8. The fourth-order valence-corrected chi connectivity index (χ4v) is 4.24. The molecule has 0 aliphatic heterocycles. The third kappa shape index (κ3) is 4.75. The van der Waals surface area contributed by atoms with Gasteiger partial charge < -0.3 is 4.74 Å². The largest absolute Gasteiger partial charge is 0.493 e. The topological polar surface area (TPSA) is 55.3 Å². The van der Waals surface area contributed by atoms with Crippen LogP contribution in [0.25, 0.3) is 10.2 Å². The Morgan fingerprint density at radius 1 is 1.14 bits per heavy atom. The van der Waals surface area contributed by atoms with E-state index in [1.54, 1.807) is 34.8 Å². The van der Waals surface area contributed by atoms with E-state index in [1.165, 1.54) is 46.9 Å². The molecule has 0 atom stereocenters. The van der Waals surface area contributed by atoms with Crippen LogP contribution in [0.1, 0.15) is 11.3 Å². The minimum absolute atomic E-state index is 0.0829. The van der Waals surface area contributed by atoms with Crippen LogP contribution in [0.2, 0.25) is 0 Å². The van der Waals surface area contributed by atoms with Crippen LogP contribution in [0.15, 0.2) is 54.2 Å². The number of carbonyl (C=O) groups excluding carboxylic acids is 1. The Bertz CT molecular complexity index is 1130. The molecule has 0 aliphatic carbocycles. The molecule has 9 heteroatoms. The number of rotatable bonds is 7. The van der Waals surface area contributed by atoms with Crippen molar-refractivity contribution < 1.29 is 18.3 Å². The summed E-state index contributed by atoms with van der Waals surface area (Å²) in [6.07, 6.45) is 1.78. The Labute approximate surface area is 173 Å². The van der Waals surface area contributed by atoms with Crippen LogP contribution in [0.4, 0.5) is 13.9 Å². The molecule has 0 radical (unpaired) electrons. The van der Waals surface area contributed by atoms with Gasteiger partial charge in [0, 0.05) is 23.2 Å². The molecule has 0 spiro atoms. The molecule has 0 saturated heterocycles. The third-order valence-corrected chi connectivity index (χ3v) is 5.87. The van der Waals surface area contributed by atoms with Crippen molar-refractivity contribution in [2.75, 3.05) is 11.5 Å². The molecule has 148 valence electrons. The zero-order valence-electron chi connectivity index (χ0n) is 15.0. The van der Waals surface area contributed by atoms with Gasteiger partial charge in [0.1, 0.15) is 17.4 Å². The molecule has 0 unspecified atom stereocenters. The minimum Gasteiger partial charge on any atom is -0.493 e. The lowest BCUT2D eigenvalue weighted by Crippen LogP contribution is -2.31. The van der Waals surface area contributed by atoms with Crippen molar-refractivity contribution in [3.63, 3.8) is 0 Å². The van der Waals surface area contributed by atoms with Crippen LogP contribution in [0.5, 0.6) is 5.75 Å². The number of hydrogen-bond acceptors (Lipinski definition) is 6. The molecule has 0 N–H and O–H groups in total. The summed E-state index contributed by atoms with van der Waals surface area (Å²) in [5, 5.41) is 0.481. The zero-order chi connectivity index (χ0) is 20.2. The molecular formula is C20H15F2N3O2S2. The Kier molecular flexibility index (Phi) is 5.77. The highest BCUT2D eigenvalue weighted by atomic mass is 32.1. The summed E-state index contributed by atoms with van der Waals surface area (Å²) >= 11 is 2.75. The standard InChI is InChI=1S/C20H15F2N3O2S2/c21-13-2-1-3-15(8-13)27-7-6-19(26)25(11-16-10-23-12-28-16)20-24-17-9-14(22)4-5-18(17)29-20/h1-5,8-10,12H,6-7,11H2. The Morgan fingerprint density at radius 2 is 2.00 bits per heavy atom. The number of ether oxygens (including phenoxy) is 1. The number of benzene rings is 2. The lowest BCUT2D eigenvalue weighted by atomic mass is 10.3. The number of anilines is 1. The van der Waals surface area contributed by atoms with Gasteiger partial charge in [0.15, 0.2) is 5.13 Å². The highest BCUT2D eigenvalue weighted by Gasteiger charge is 2.21. The highest BCUT2D eigenvalue weighted by Crippen LogP contribution is 2.31. The second-order valence-corrected chi connectivity index (χ2v) is 8.09. The highest BCUT2D eigenvalue weighted by molar-refractivity contribution is 7.22. The van der Waals surface area contributed by atoms with Crippen LogP contribution in [0.3, 0.4) is 0 Å². The van der Waals surface area contributed by atoms with Crippen LogP contribution in [0, 0.1) is 11.6 Å². The van der Waals surface area contributed by atoms with Gasteiger partial charge in [0.25, 0.3) is 0 Å². The molecular weight excluding hydrogens is 416 g/mol. The normalized spacial score (nSPS) is 11.0. The van der Waals surface area contributed by atoms with Gasteiger partial charge in [0.2, 0.25) is 5.91 Å². The van der Waals surface area contributed by atoms with Gasteiger partial charge in [-0.15, -0.1) is 11.3 Å². The summed E-state index contributed by atoms with van der Waals surface area (Å²) in [5.41, 5.74) is 2.20. The summed E-state index contributed by atoms with van der Waals surface area (Å²) < 4.78 is 33.0. The molecule has 1 amide bonds. The molecule has 2 heterocycles. The maximum absolute atomic E-state index is 13.5. The lowest BCUT2D eigenvalue weighted by molar-refractivity contribution is -0.119. The van der Waals surface area contributed by atoms with Crippen molar-refractivity contribution in [1.82, 2.24) is 9.97 Å². The second kappa shape index (κ2) is 8.62. The number of fused-ring (bicyclic) bond motifs is 1. The van der Waals surface area contributed by atoms with Gasteiger partial charge in [-0.05, 0) is 24.3 Å². The SMILES string of the molecule is O=C(CCOc1cccc(F)c1)N(Cc1cncs1)c1nc2cc(F)ccc2s1. The van der Waals surface area contributed by atoms with E-state index < -0.39 is 5.82 Å². The predicted octanol–water partition coefficient (Wildman–Crippen LogP) is 5.03. The number of amides is 1. The van der Waals surface area contributed by atoms with Crippen molar-refractivity contribution in [3.05, 3.63) is 70.7 Å². The van der Waals surface area contributed by atoms with E-state index in [1.807, 2.05) is 0 Å². The average molecular weight is 431 g/mol. The van der Waals surface area contributed by atoms with Crippen LogP contribution in [-0.2, 0) is 11.3 Å². The van der Waals surface area contributed by atoms with Gasteiger partial charge in [-0.3, -0.25) is 14.7 Å². The molecule has 29 heavy (non-hydrogen) atoms. The molecule has 2 aromatic heterocycles. The lowest BCUT2D eigenvalue weighted by Gasteiger charge is -2.19. The number of halogens is 2. The number of carbonyl (C=O) groups is 1. The number of thiazole rings is 2. The van der Waals surface area contributed by atoms with Crippen molar-refractivity contribution in [2.45, 2.75) is 13.0 Å². The number of nitrogens with zero attached hydrogens (tertiary/aromatic N) is 3. The average Bonchev–Trinajstić information content (AvgIpc) is 3.35. The van der Waals surface area contributed by atoms with E-state index in [2.05, 4.69) is 9.97 Å². The first-order chi connectivity index (χ1) is 14.1. The van der Waals surface area contributed by atoms with Crippen LogP contribution >= 0.6 is 22.7 Å². The summed E-state index contributed by atoms with van der Waals surface area (Å²) in [7, 11) is 0. The Balaban J connectivity index is 1.51. The van der Waals surface area contributed by atoms with Gasteiger partial charge in [0.05, 0.1) is 35.3 Å². The third-order valence-electron chi connectivity index (χ3n) is 4.05. The summed E-state index contributed by atoms with van der Waals surface area (Å²) in [5.74, 6) is -0.614. The van der Waals surface area contributed by atoms with Gasteiger partial charge >= 0.3 is 0 Å². The van der Waals surface area contributed by atoms with Crippen molar-refractivity contribution >= 4 is 43.9 Å². The molecule has 5 nitrogen and oxygen atoms in total. The first-order valence-corrected chi connectivity index (χ1v) is 10.4.